The zero-order valence-electron chi connectivity index (χ0n) is 18.2. The third-order valence-corrected chi connectivity index (χ3v) is 7.54. The minimum atomic E-state index is -0.349. The molecule has 2 aromatic rings. The molecule has 3 aliphatic rings. The summed E-state index contributed by atoms with van der Waals surface area (Å²) < 4.78 is 0. The van der Waals surface area contributed by atoms with Gasteiger partial charge in [-0.05, 0) is 56.1 Å². The molecule has 0 radical (unpaired) electrons. The zero-order valence-corrected chi connectivity index (χ0v) is 18.2. The molecule has 31 heavy (non-hydrogen) atoms. The number of amides is 2. The first kappa shape index (κ1) is 20.3. The van der Waals surface area contributed by atoms with E-state index in [1.807, 2.05) is 28.0 Å². The fourth-order valence-corrected chi connectivity index (χ4v) is 5.62. The van der Waals surface area contributed by atoms with Gasteiger partial charge in [-0.25, -0.2) is 0 Å². The van der Waals surface area contributed by atoms with Crippen molar-refractivity contribution in [3.05, 3.63) is 52.8 Å². The highest BCUT2D eigenvalue weighted by Gasteiger charge is 2.51. The molecule has 2 aliphatic heterocycles. The van der Waals surface area contributed by atoms with E-state index in [1.165, 1.54) is 29.7 Å². The average Bonchev–Trinajstić information content (AvgIpc) is 3.51. The molecule has 1 atom stereocenters. The van der Waals surface area contributed by atoms with Crippen LogP contribution < -0.4 is 0 Å². The molecule has 164 valence electrons. The van der Waals surface area contributed by atoms with Crippen molar-refractivity contribution in [1.29, 1.82) is 0 Å². The number of rotatable bonds is 6. The van der Waals surface area contributed by atoms with Crippen molar-refractivity contribution < 1.29 is 9.59 Å². The number of benzene rings is 1. The van der Waals surface area contributed by atoms with Crippen LogP contribution in [0.15, 0.2) is 30.3 Å². The number of hydrogen-bond donors (Lipinski definition) is 1. The molecule has 2 amide bonds. The zero-order chi connectivity index (χ0) is 21.3. The molecular formula is C25H32N4O2. The number of nitrogens with zero attached hydrogens (tertiary/aromatic N) is 3. The Morgan fingerprint density at radius 1 is 1.06 bits per heavy atom. The molecule has 2 fully saturated rings. The quantitative estimate of drug-likeness (QED) is 0.781. The lowest BCUT2D eigenvalue weighted by molar-refractivity contribution is -0.136. The van der Waals surface area contributed by atoms with Gasteiger partial charge in [-0.15, -0.1) is 0 Å². The number of aromatic nitrogens is 2. The number of likely N-dealkylation sites (tertiary alicyclic amines) is 2. The number of H-pyrrole nitrogens is 1. The Labute approximate surface area is 184 Å². The van der Waals surface area contributed by atoms with Gasteiger partial charge in [0.25, 0.3) is 0 Å². The summed E-state index contributed by atoms with van der Waals surface area (Å²) >= 11 is 0. The molecule has 1 spiro atoms. The lowest BCUT2D eigenvalue weighted by Crippen LogP contribution is -2.39. The fraction of sp³-hybridized carbons (Fsp3) is 0.560. The topological polar surface area (TPSA) is 69.3 Å². The molecule has 6 nitrogen and oxygen atoms in total. The Morgan fingerprint density at radius 2 is 1.87 bits per heavy atom. The van der Waals surface area contributed by atoms with Crippen LogP contribution >= 0.6 is 0 Å². The van der Waals surface area contributed by atoms with Gasteiger partial charge >= 0.3 is 0 Å². The Balaban J connectivity index is 1.14. The highest BCUT2D eigenvalue weighted by Crippen LogP contribution is 2.41. The van der Waals surface area contributed by atoms with Gasteiger partial charge in [0.15, 0.2) is 0 Å². The fourth-order valence-electron chi connectivity index (χ4n) is 5.62. The molecule has 1 aromatic heterocycles. The Morgan fingerprint density at radius 3 is 2.74 bits per heavy atom. The lowest BCUT2D eigenvalue weighted by atomic mass is 9.85. The molecule has 1 N–H and O–H groups in total. The van der Waals surface area contributed by atoms with Crippen molar-refractivity contribution in [2.45, 2.75) is 57.8 Å². The van der Waals surface area contributed by atoms with Crippen molar-refractivity contribution in [1.82, 2.24) is 20.0 Å². The predicted molar refractivity (Wildman–Crippen MR) is 119 cm³/mol. The SMILES string of the molecule is O=C(CCc1n[nH]c2c1CCCC2)N1CCC2(CCN(CCc3ccccc3)C2=O)C1. The van der Waals surface area contributed by atoms with E-state index >= 15 is 0 Å². The van der Waals surface area contributed by atoms with Crippen molar-refractivity contribution in [2.75, 3.05) is 26.2 Å². The maximum absolute atomic E-state index is 13.2. The Bertz CT molecular complexity index is 954. The minimum absolute atomic E-state index is 0.167. The molecular weight excluding hydrogens is 388 g/mol. The molecule has 5 rings (SSSR count). The Kier molecular flexibility index (Phi) is 5.55. The van der Waals surface area contributed by atoms with E-state index in [1.54, 1.807) is 0 Å². The van der Waals surface area contributed by atoms with Gasteiger partial charge in [-0.2, -0.15) is 5.10 Å². The number of aryl methyl sites for hydroxylation is 2. The van der Waals surface area contributed by atoms with Crippen molar-refractivity contribution in [2.24, 2.45) is 5.41 Å². The molecule has 2 saturated heterocycles. The normalized spacial score (nSPS) is 23.0. The summed E-state index contributed by atoms with van der Waals surface area (Å²) in [5.41, 5.74) is 4.59. The van der Waals surface area contributed by atoms with E-state index in [-0.39, 0.29) is 17.2 Å². The van der Waals surface area contributed by atoms with E-state index in [4.69, 9.17) is 0 Å². The van der Waals surface area contributed by atoms with E-state index < -0.39 is 0 Å². The van der Waals surface area contributed by atoms with Crippen LogP contribution in [0.25, 0.3) is 0 Å². The third-order valence-electron chi connectivity index (χ3n) is 7.54. The molecule has 6 heteroatoms. The molecule has 0 saturated carbocycles. The van der Waals surface area contributed by atoms with Crippen LogP contribution in [0.4, 0.5) is 0 Å². The van der Waals surface area contributed by atoms with Gasteiger partial charge in [0.2, 0.25) is 11.8 Å². The second-order valence-electron chi connectivity index (χ2n) is 9.46. The number of carbonyl (C=O) groups is 2. The standard InChI is InChI=1S/C25H32N4O2/c30-23(11-10-22-20-8-4-5-9-21(20)26-27-22)29-17-14-25(18-29)13-16-28(24(25)31)15-12-19-6-2-1-3-7-19/h1-3,6-7H,4-5,8-18H2,(H,26,27). The summed E-state index contributed by atoms with van der Waals surface area (Å²) in [7, 11) is 0. The van der Waals surface area contributed by atoms with Crippen LogP contribution in [0.3, 0.4) is 0 Å². The highest BCUT2D eigenvalue weighted by molar-refractivity contribution is 5.87. The van der Waals surface area contributed by atoms with Crippen LogP contribution in [-0.2, 0) is 35.3 Å². The van der Waals surface area contributed by atoms with Crippen molar-refractivity contribution in [3.8, 4) is 0 Å². The van der Waals surface area contributed by atoms with E-state index in [0.29, 0.717) is 25.9 Å². The second-order valence-corrected chi connectivity index (χ2v) is 9.46. The molecule has 1 unspecified atom stereocenters. The lowest BCUT2D eigenvalue weighted by Gasteiger charge is -2.24. The van der Waals surface area contributed by atoms with Crippen LogP contribution in [-0.4, -0.2) is 58.0 Å². The maximum atomic E-state index is 13.2. The number of hydrogen-bond acceptors (Lipinski definition) is 3. The van der Waals surface area contributed by atoms with Gasteiger partial charge in [0.05, 0.1) is 11.1 Å². The summed E-state index contributed by atoms with van der Waals surface area (Å²) in [6.07, 6.45) is 8.34. The van der Waals surface area contributed by atoms with Crippen LogP contribution in [0.2, 0.25) is 0 Å². The molecule has 0 bridgehead atoms. The van der Waals surface area contributed by atoms with Crippen LogP contribution in [0.5, 0.6) is 0 Å². The molecule has 1 aliphatic carbocycles. The van der Waals surface area contributed by atoms with Crippen molar-refractivity contribution in [3.63, 3.8) is 0 Å². The third kappa shape index (κ3) is 4.00. The summed E-state index contributed by atoms with van der Waals surface area (Å²) in [5.74, 6) is 0.417. The smallest absolute Gasteiger partial charge is 0.230 e. The van der Waals surface area contributed by atoms with E-state index in [9.17, 15) is 9.59 Å². The second kappa shape index (κ2) is 8.48. The molecule has 3 heterocycles. The number of aromatic amines is 1. The summed E-state index contributed by atoms with van der Waals surface area (Å²) in [5, 5.41) is 7.65. The first-order valence-electron chi connectivity index (χ1n) is 11.8. The van der Waals surface area contributed by atoms with Gasteiger partial charge in [-0.1, -0.05) is 30.3 Å². The largest absolute Gasteiger partial charge is 0.342 e. The van der Waals surface area contributed by atoms with Gasteiger partial charge < -0.3 is 9.80 Å². The van der Waals surface area contributed by atoms with Crippen molar-refractivity contribution >= 4 is 11.8 Å². The summed E-state index contributed by atoms with van der Waals surface area (Å²) in [6, 6.07) is 10.3. The number of nitrogens with one attached hydrogen (secondary N) is 1. The van der Waals surface area contributed by atoms with E-state index in [0.717, 1.165) is 50.9 Å². The maximum Gasteiger partial charge on any atom is 0.230 e. The Hall–Kier alpha value is -2.63. The van der Waals surface area contributed by atoms with Gasteiger partial charge in [-0.3, -0.25) is 14.7 Å². The molecule has 1 aromatic carbocycles. The predicted octanol–water partition coefficient (Wildman–Crippen LogP) is 2.91. The van der Waals surface area contributed by atoms with E-state index in [2.05, 4.69) is 22.3 Å². The first-order valence-corrected chi connectivity index (χ1v) is 11.8. The average molecular weight is 421 g/mol. The number of fused-ring (bicyclic) bond motifs is 1. The highest BCUT2D eigenvalue weighted by atomic mass is 16.2. The van der Waals surface area contributed by atoms with Crippen LogP contribution in [0, 0.1) is 5.41 Å². The first-order chi connectivity index (χ1) is 15.1. The number of carbonyl (C=O) groups excluding carboxylic acids is 2. The summed E-state index contributed by atoms with van der Waals surface area (Å²) in [4.78, 5) is 30.0. The minimum Gasteiger partial charge on any atom is -0.342 e. The van der Waals surface area contributed by atoms with Gasteiger partial charge in [0, 0.05) is 44.7 Å². The van der Waals surface area contributed by atoms with Crippen LogP contribution in [0.1, 0.15) is 54.6 Å². The van der Waals surface area contributed by atoms with Gasteiger partial charge in [0.1, 0.15) is 0 Å². The summed E-state index contributed by atoms with van der Waals surface area (Å²) in [6.45, 7) is 2.87. The monoisotopic (exact) mass is 420 g/mol.